The Bertz CT molecular complexity index is 1030. The Labute approximate surface area is 149 Å². The molecular formula is C18H19N5OS. The van der Waals surface area contributed by atoms with Crippen molar-refractivity contribution in [2.24, 2.45) is 0 Å². The lowest BCUT2D eigenvalue weighted by Gasteiger charge is -2.36. The number of pyridine rings is 1. The molecule has 1 fully saturated rings. The third-order valence-electron chi connectivity index (χ3n) is 4.68. The molecule has 1 aliphatic rings. The summed E-state index contributed by atoms with van der Waals surface area (Å²) in [6.45, 7) is 5.15. The predicted molar refractivity (Wildman–Crippen MR) is 101 cm³/mol. The molecule has 0 unspecified atom stereocenters. The highest BCUT2D eigenvalue weighted by Crippen LogP contribution is 2.34. The van der Waals surface area contributed by atoms with Gasteiger partial charge >= 0.3 is 0 Å². The average Bonchev–Trinajstić information content (AvgIpc) is 3.07. The van der Waals surface area contributed by atoms with E-state index in [-0.39, 0.29) is 11.1 Å². The molecule has 1 aromatic carbocycles. The Balaban J connectivity index is 1.85. The number of nitrogens with one attached hydrogen (secondary N) is 1. The fourth-order valence-corrected chi connectivity index (χ4v) is 4.50. The first-order chi connectivity index (χ1) is 12.2. The maximum absolute atomic E-state index is 11.9. The summed E-state index contributed by atoms with van der Waals surface area (Å²) in [5.74, 6) is 0. The lowest BCUT2D eigenvalue weighted by atomic mass is 10.1. The van der Waals surface area contributed by atoms with Crippen LogP contribution in [-0.2, 0) is 0 Å². The quantitative estimate of drug-likeness (QED) is 0.782. The molecule has 6 nitrogen and oxygen atoms in total. The number of benzene rings is 1. The summed E-state index contributed by atoms with van der Waals surface area (Å²) >= 11 is 1.65. The predicted octanol–water partition coefficient (Wildman–Crippen LogP) is 3.24. The van der Waals surface area contributed by atoms with Crippen molar-refractivity contribution in [3.63, 3.8) is 0 Å². The van der Waals surface area contributed by atoms with Crippen LogP contribution in [0.3, 0.4) is 0 Å². The van der Waals surface area contributed by atoms with Crippen LogP contribution in [0.5, 0.6) is 0 Å². The Hall–Kier alpha value is -2.43. The largest absolute Gasteiger partial charge is 0.321 e. The van der Waals surface area contributed by atoms with Crippen molar-refractivity contribution in [2.75, 3.05) is 24.6 Å². The second-order valence-corrected chi connectivity index (χ2v) is 7.23. The summed E-state index contributed by atoms with van der Waals surface area (Å²) in [7, 11) is 0. The normalized spacial score (nSPS) is 15.5. The second kappa shape index (κ2) is 6.47. The van der Waals surface area contributed by atoms with E-state index < -0.39 is 0 Å². The van der Waals surface area contributed by atoms with Gasteiger partial charge in [-0.25, -0.2) is 9.99 Å². The minimum atomic E-state index is -0.353. The molecule has 0 aliphatic carbocycles. The molecule has 1 N–H and O–H groups in total. The Morgan fingerprint density at radius 3 is 2.88 bits per heavy atom. The molecule has 0 amide bonds. The first-order valence-corrected chi connectivity index (χ1v) is 9.42. The van der Waals surface area contributed by atoms with Crippen LogP contribution in [-0.4, -0.2) is 34.6 Å². The first-order valence-electron chi connectivity index (χ1n) is 8.60. The average molecular weight is 353 g/mol. The van der Waals surface area contributed by atoms with E-state index >= 15 is 0 Å². The van der Waals surface area contributed by atoms with Crippen molar-refractivity contribution >= 4 is 37.6 Å². The summed E-state index contributed by atoms with van der Waals surface area (Å²) < 4.78 is 1.06. The molecule has 0 bridgehead atoms. The number of hydrazine groups is 1. The van der Waals surface area contributed by atoms with Crippen LogP contribution in [0.1, 0.15) is 31.7 Å². The van der Waals surface area contributed by atoms with Gasteiger partial charge in [-0.15, -0.1) is 0 Å². The number of aromatic nitrogens is 2. The second-order valence-electron chi connectivity index (χ2n) is 6.22. The van der Waals surface area contributed by atoms with Gasteiger partial charge in [0.2, 0.25) is 5.13 Å². The molecule has 1 aliphatic heterocycles. The van der Waals surface area contributed by atoms with E-state index in [4.69, 9.17) is 10.2 Å². The van der Waals surface area contributed by atoms with Crippen LogP contribution >= 0.6 is 11.3 Å². The lowest BCUT2D eigenvalue weighted by molar-refractivity contribution is 0.210. The van der Waals surface area contributed by atoms with Crippen molar-refractivity contribution in [2.45, 2.75) is 26.2 Å². The number of rotatable bonds is 3. The van der Waals surface area contributed by atoms with Crippen LogP contribution in [0.15, 0.2) is 23.0 Å². The van der Waals surface area contributed by atoms with Gasteiger partial charge in [0.15, 0.2) is 0 Å². The van der Waals surface area contributed by atoms with E-state index in [0.717, 1.165) is 45.9 Å². The van der Waals surface area contributed by atoms with E-state index in [2.05, 4.69) is 21.9 Å². The van der Waals surface area contributed by atoms with Crippen molar-refractivity contribution in [3.8, 4) is 6.07 Å². The number of H-pyrrole nitrogens is 1. The van der Waals surface area contributed by atoms with Gasteiger partial charge in [0.05, 0.1) is 15.7 Å². The number of nitrogens with zero attached hydrogens (tertiary/aromatic N) is 4. The van der Waals surface area contributed by atoms with E-state index in [1.807, 2.05) is 18.2 Å². The number of thiazole rings is 1. The van der Waals surface area contributed by atoms with Gasteiger partial charge in [0.1, 0.15) is 11.6 Å². The van der Waals surface area contributed by atoms with Crippen LogP contribution in [0, 0.1) is 11.3 Å². The fraction of sp³-hybridized carbons (Fsp3) is 0.389. The van der Waals surface area contributed by atoms with Gasteiger partial charge in [-0.05, 0) is 38.0 Å². The molecule has 7 heteroatoms. The molecule has 0 spiro atoms. The fourth-order valence-electron chi connectivity index (χ4n) is 3.43. The van der Waals surface area contributed by atoms with Gasteiger partial charge in [-0.2, -0.15) is 5.26 Å². The highest BCUT2D eigenvalue weighted by atomic mass is 32.1. The number of nitriles is 1. The lowest BCUT2D eigenvalue weighted by Crippen LogP contribution is -2.45. The molecule has 3 aromatic rings. The monoisotopic (exact) mass is 353 g/mol. The van der Waals surface area contributed by atoms with E-state index in [1.54, 1.807) is 17.4 Å². The van der Waals surface area contributed by atoms with Gasteiger partial charge in [-0.3, -0.25) is 9.80 Å². The molecule has 0 atom stereocenters. The summed E-state index contributed by atoms with van der Waals surface area (Å²) in [5.41, 5.74) is 1.33. The summed E-state index contributed by atoms with van der Waals surface area (Å²) in [5, 5.41) is 15.6. The zero-order valence-corrected chi connectivity index (χ0v) is 14.9. The third-order valence-corrected chi connectivity index (χ3v) is 5.72. The number of fused-ring (bicyclic) bond motifs is 3. The highest BCUT2D eigenvalue weighted by Gasteiger charge is 2.21. The molecule has 0 radical (unpaired) electrons. The van der Waals surface area contributed by atoms with Crippen LogP contribution < -0.4 is 10.6 Å². The number of piperidine rings is 1. The molecular weight excluding hydrogens is 334 g/mol. The first kappa shape index (κ1) is 16.1. The van der Waals surface area contributed by atoms with Crippen LogP contribution in [0.25, 0.3) is 21.1 Å². The Kier molecular flexibility index (Phi) is 4.15. The minimum absolute atomic E-state index is 0.123. The standard InChI is InChI=1S/C18H19N5OS/c1-2-23(22-8-4-3-5-9-22)18-21-16-13-10-12(11-19)17(24)20-14(13)6-7-15(16)25-18/h6-7,10H,2-5,8-9H2,1H3,(H,20,24). The number of hydrogen-bond donors (Lipinski definition) is 1. The molecule has 1 saturated heterocycles. The smallest absolute Gasteiger partial charge is 0.266 e. The van der Waals surface area contributed by atoms with Gasteiger partial charge < -0.3 is 4.98 Å². The molecule has 0 saturated carbocycles. The minimum Gasteiger partial charge on any atom is -0.321 e. The summed E-state index contributed by atoms with van der Waals surface area (Å²) in [6.07, 6.45) is 3.73. The SMILES string of the molecule is CCN(c1nc2c(ccc3[nH]c(=O)c(C#N)cc32)s1)N1CCCCC1. The van der Waals surface area contributed by atoms with Crippen molar-refractivity contribution in [1.82, 2.24) is 15.0 Å². The van der Waals surface area contributed by atoms with Gasteiger partial charge in [0, 0.05) is 25.0 Å². The number of anilines is 1. The maximum Gasteiger partial charge on any atom is 0.266 e. The van der Waals surface area contributed by atoms with Crippen LogP contribution in [0.2, 0.25) is 0 Å². The Morgan fingerprint density at radius 2 is 2.16 bits per heavy atom. The molecule has 128 valence electrons. The van der Waals surface area contributed by atoms with Crippen molar-refractivity contribution in [3.05, 3.63) is 34.1 Å². The molecule has 2 aromatic heterocycles. The maximum atomic E-state index is 11.9. The molecule has 3 heterocycles. The van der Waals surface area contributed by atoms with Crippen LogP contribution in [0.4, 0.5) is 5.13 Å². The topological polar surface area (TPSA) is 76.0 Å². The van der Waals surface area contributed by atoms with Gasteiger partial charge in [0.25, 0.3) is 5.56 Å². The summed E-state index contributed by atoms with van der Waals surface area (Å²) in [4.78, 5) is 19.5. The van der Waals surface area contributed by atoms with E-state index in [1.165, 1.54) is 19.3 Å². The van der Waals surface area contributed by atoms with E-state index in [9.17, 15) is 4.79 Å². The van der Waals surface area contributed by atoms with E-state index in [0.29, 0.717) is 0 Å². The zero-order chi connectivity index (χ0) is 17.4. The van der Waals surface area contributed by atoms with Crippen molar-refractivity contribution in [1.29, 1.82) is 5.26 Å². The highest BCUT2D eigenvalue weighted by molar-refractivity contribution is 7.22. The zero-order valence-electron chi connectivity index (χ0n) is 14.1. The molecule has 25 heavy (non-hydrogen) atoms. The third kappa shape index (κ3) is 2.77. The number of aromatic amines is 1. The van der Waals surface area contributed by atoms with Crippen molar-refractivity contribution < 1.29 is 0 Å². The summed E-state index contributed by atoms with van der Waals surface area (Å²) in [6, 6.07) is 7.49. The number of hydrogen-bond acceptors (Lipinski definition) is 6. The van der Waals surface area contributed by atoms with Gasteiger partial charge in [-0.1, -0.05) is 17.8 Å². The Morgan fingerprint density at radius 1 is 1.36 bits per heavy atom. The molecule has 4 rings (SSSR count).